The van der Waals surface area contributed by atoms with E-state index in [4.69, 9.17) is 4.74 Å². The van der Waals surface area contributed by atoms with Crippen molar-refractivity contribution in [1.29, 1.82) is 0 Å². The van der Waals surface area contributed by atoms with E-state index in [1.165, 1.54) is 0 Å². The quantitative estimate of drug-likeness (QED) is 0.603. The number of rotatable bonds is 9. The van der Waals surface area contributed by atoms with E-state index in [0.29, 0.717) is 19.4 Å². The summed E-state index contributed by atoms with van der Waals surface area (Å²) in [4.78, 5) is 24.0. The van der Waals surface area contributed by atoms with Crippen molar-refractivity contribution in [1.82, 2.24) is 10.6 Å². The summed E-state index contributed by atoms with van der Waals surface area (Å²) in [7, 11) is 0. The second-order valence-corrected chi connectivity index (χ2v) is 8.02. The number of nitrogens with one attached hydrogen (secondary N) is 2. The first kappa shape index (κ1) is 22.4. The molecule has 0 aromatic heterocycles. The third-order valence-electron chi connectivity index (χ3n) is 4.24. The van der Waals surface area contributed by atoms with E-state index in [0.717, 1.165) is 11.1 Å². The van der Waals surface area contributed by atoms with Crippen LogP contribution in [0.4, 0.5) is 4.79 Å². The van der Waals surface area contributed by atoms with Gasteiger partial charge in [0.1, 0.15) is 11.6 Å². The number of carbonyl (C=O) groups excluding carboxylic acids is 1. The van der Waals surface area contributed by atoms with Gasteiger partial charge in [-0.05, 0) is 44.7 Å². The van der Waals surface area contributed by atoms with Crippen molar-refractivity contribution in [3.63, 3.8) is 0 Å². The second-order valence-electron chi connectivity index (χ2n) is 8.02. The van der Waals surface area contributed by atoms with Gasteiger partial charge in [-0.25, -0.2) is 4.79 Å². The van der Waals surface area contributed by atoms with Gasteiger partial charge in [0.15, 0.2) is 0 Å². The molecule has 0 saturated heterocycles. The highest BCUT2D eigenvalue weighted by Crippen LogP contribution is 2.09. The molecule has 0 unspecified atom stereocenters. The van der Waals surface area contributed by atoms with Crippen molar-refractivity contribution in [2.24, 2.45) is 0 Å². The molecule has 6 nitrogen and oxygen atoms in total. The Hall–Kier alpha value is -2.86. The zero-order chi connectivity index (χ0) is 21.3. The molecule has 1 amide bonds. The highest BCUT2D eigenvalue weighted by molar-refractivity contribution is 5.74. The molecule has 0 aliphatic rings. The lowest BCUT2D eigenvalue weighted by Crippen LogP contribution is -2.49. The van der Waals surface area contributed by atoms with E-state index in [2.05, 4.69) is 10.6 Å². The molecule has 0 fully saturated rings. The Kier molecular flexibility index (Phi) is 8.21. The fraction of sp³-hybridized carbons (Fsp3) is 0.391. The number of carboxylic acids is 1. The molecular formula is C23H30N2O4. The van der Waals surface area contributed by atoms with Crippen LogP contribution in [-0.4, -0.2) is 41.4 Å². The molecule has 2 atom stereocenters. The highest BCUT2D eigenvalue weighted by Gasteiger charge is 2.23. The number of hydrogen-bond donors (Lipinski definition) is 3. The van der Waals surface area contributed by atoms with Crippen LogP contribution >= 0.6 is 0 Å². The lowest BCUT2D eigenvalue weighted by molar-refractivity contribution is -0.139. The number of aliphatic carboxylic acids is 1. The molecule has 156 valence electrons. The van der Waals surface area contributed by atoms with Crippen LogP contribution in [0.3, 0.4) is 0 Å². The molecular weight excluding hydrogens is 368 g/mol. The monoisotopic (exact) mass is 398 g/mol. The molecule has 0 heterocycles. The summed E-state index contributed by atoms with van der Waals surface area (Å²) < 4.78 is 5.36. The summed E-state index contributed by atoms with van der Waals surface area (Å²) >= 11 is 0. The Morgan fingerprint density at radius 1 is 0.931 bits per heavy atom. The van der Waals surface area contributed by atoms with Gasteiger partial charge in [0.2, 0.25) is 0 Å². The fourth-order valence-electron chi connectivity index (χ4n) is 2.93. The van der Waals surface area contributed by atoms with Gasteiger partial charge < -0.3 is 20.5 Å². The molecule has 6 heteroatoms. The van der Waals surface area contributed by atoms with Gasteiger partial charge >= 0.3 is 12.1 Å². The van der Waals surface area contributed by atoms with Crippen molar-refractivity contribution in [3.8, 4) is 0 Å². The standard InChI is InChI=1S/C23H30N2O4/c1-23(2,3)29-22(28)25-19(14-17-10-6-4-7-11-17)16-24-20(21(26)27)15-18-12-8-5-9-13-18/h4-13,19-20,24H,14-16H2,1-3H3,(H,25,28)(H,26,27)/t19-,20+/m0/s1. The van der Waals surface area contributed by atoms with Crippen LogP contribution < -0.4 is 10.6 Å². The first-order valence-corrected chi connectivity index (χ1v) is 9.76. The summed E-state index contributed by atoms with van der Waals surface area (Å²) in [5, 5.41) is 15.5. The SMILES string of the molecule is CC(C)(C)OC(=O)N[C@H](CN[C@H](Cc1ccccc1)C(=O)O)Cc1ccccc1. The van der Waals surface area contributed by atoms with Gasteiger partial charge in [0.05, 0.1) is 0 Å². The van der Waals surface area contributed by atoms with Gasteiger partial charge in [-0.15, -0.1) is 0 Å². The lowest BCUT2D eigenvalue weighted by Gasteiger charge is -2.25. The number of carboxylic acid groups (broad SMARTS) is 1. The summed E-state index contributed by atoms with van der Waals surface area (Å²) in [6.07, 6.45) is 0.404. The van der Waals surface area contributed by atoms with Crippen LogP contribution in [0.2, 0.25) is 0 Å². The van der Waals surface area contributed by atoms with E-state index in [9.17, 15) is 14.7 Å². The van der Waals surface area contributed by atoms with Crippen molar-refractivity contribution in [2.75, 3.05) is 6.54 Å². The van der Waals surface area contributed by atoms with E-state index < -0.39 is 23.7 Å². The lowest BCUT2D eigenvalue weighted by atomic mass is 10.0. The first-order chi connectivity index (χ1) is 13.7. The maximum Gasteiger partial charge on any atom is 0.407 e. The van der Waals surface area contributed by atoms with Crippen LogP contribution in [0.5, 0.6) is 0 Å². The Morgan fingerprint density at radius 3 is 1.93 bits per heavy atom. The molecule has 0 spiro atoms. The number of benzene rings is 2. The minimum absolute atomic E-state index is 0.304. The molecule has 0 aliphatic heterocycles. The third kappa shape index (κ3) is 8.79. The van der Waals surface area contributed by atoms with Gasteiger partial charge in [0, 0.05) is 12.6 Å². The normalized spacial score (nSPS) is 13.3. The molecule has 29 heavy (non-hydrogen) atoms. The Labute approximate surface area is 172 Å². The number of amides is 1. The zero-order valence-corrected chi connectivity index (χ0v) is 17.2. The second kappa shape index (κ2) is 10.6. The Balaban J connectivity index is 2.04. The molecule has 0 bridgehead atoms. The molecule has 2 aromatic rings. The van der Waals surface area contributed by atoms with E-state index in [1.807, 2.05) is 60.7 Å². The predicted molar refractivity (Wildman–Crippen MR) is 113 cm³/mol. The smallest absolute Gasteiger partial charge is 0.407 e. The number of hydrogen-bond acceptors (Lipinski definition) is 4. The summed E-state index contributed by atoms with van der Waals surface area (Å²) in [6, 6.07) is 18.1. The summed E-state index contributed by atoms with van der Waals surface area (Å²) in [5.41, 5.74) is 1.38. The van der Waals surface area contributed by atoms with Crippen LogP contribution in [0.15, 0.2) is 60.7 Å². The van der Waals surface area contributed by atoms with Crippen molar-refractivity contribution in [2.45, 2.75) is 51.3 Å². The van der Waals surface area contributed by atoms with E-state index in [1.54, 1.807) is 20.8 Å². The van der Waals surface area contributed by atoms with Gasteiger partial charge in [-0.3, -0.25) is 4.79 Å². The summed E-state index contributed by atoms with van der Waals surface area (Å²) in [5.74, 6) is -0.926. The average molecular weight is 399 g/mol. The molecule has 0 aliphatic carbocycles. The maximum absolute atomic E-state index is 12.3. The Bertz CT molecular complexity index is 772. The predicted octanol–water partition coefficient (Wildman–Crippen LogP) is 3.41. The third-order valence-corrected chi connectivity index (χ3v) is 4.24. The van der Waals surface area contributed by atoms with Crippen molar-refractivity contribution in [3.05, 3.63) is 71.8 Å². The van der Waals surface area contributed by atoms with Gasteiger partial charge in [-0.2, -0.15) is 0 Å². The van der Waals surface area contributed by atoms with E-state index >= 15 is 0 Å². The minimum atomic E-state index is -0.926. The van der Waals surface area contributed by atoms with Crippen molar-refractivity contribution >= 4 is 12.1 Å². The molecule has 2 aromatic carbocycles. The topological polar surface area (TPSA) is 87.7 Å². The molecule has 2 rings (SSSR count). The largest absolute Gasteiger partial charge is 0.480 e. The molecule has 0 saturated carbocycles. The van der Waals surface area contributed by atoms with Crippen LogP contribution in [0.1, 0.15) is 31.9 Å². The zero-order valence-electron chi connectivity index (χ0n) is 17.2. The first-order valence-electron chi connectivity index (χ1n) is 9.76. The van der Waals surface area contributed by atoms with Gasteiger partial charge in [0.25, 0.3) is 0 Å². The fourth-order valence-corrected chi connectivity index (χ4v) is 2.93. The van der Waals surface area contributed by atoms with Gasteiger partial charge in [-0.1, -0.05) is 60.7 Å². The molecule has 0 radical (unpaired) electrons. The van der Waals surface area contributed by atoms with Crippen LogP contribution in [0.25, 0.3) is 0 Å². The van der Waals surface area contributed by atoms with Crippen molar-refractivity contribution < 1.29 is 19.4 Å². The highest BCUT2D eigenvalue weighted by atomic mass is 16.6. The van der Waals surface area contributed by atoms with E-state index in [-0.39, 0.29) is 6.04 Å². The number of carbonyl (C=O) groups is 2. The van der Waals surface area contributed by atoms with Crippen LogP contribution in [0, 0.1) is 0 Å². The number of ether oxygens (including phenoxy) is 1. The van der Waals surface area contributed by atoms with Crippen LogP contribution in [-0.2, 0) is 22.4 Å². The summed E-state index contributed by atoms with van der Waals surface area (Å²) in [6.45, 7) is 5.71. The Morgan fingerprint density at radius 2 is 1.45 bits per heavy atom. The average Bonchev–Trinajstić information content (AvgIpc) is 2.64. The number of alkyl carbamates (subject to hydrolysis) is 1. The molecule has 3 N–H and O–H groups in total. The minimum Gasteiger partial charge on any atom is -0.480 e. The maximum atomic E-state index is 12.3.